The van der Waals surface area contributed by atoms with Crippen LogP contribution < -0.4 is 10.1 Å². The SMILES string of the molecule is COc1ncnc(NCC2CCS(=O)(=O)C2)c1C. The molecule has 1 fully saturated rings. The molecule has 0 aliphatic carbocycles. The first-order valence-corrected chi connectivity index (χ1v) is 7.64. The molecular formula is C11H17N3O3S. The number of aromatic nitrogens is 2. The van der Waals surface area contributed by atoms with Crippen LogP contribution in [0, 0.1) is 12.8 Å². The van der Waals surface area contributed by atoms with Crippen LogP contribution in [0.15, 0.2) is 6.33 Å². The number of hydrogen-bond donors (Lipinski definition) is 1. The summed E-state index contributed by atoms with van der Waals surface area (Å²) in [5.41, 5.74) is 0.834. The van der Waals surface area contributed by atoms with Crippen LogP contribution in [0.5, 0.6) is 5.88 Å². The topological polar surface area (TPSA) is 81.2 Å². The molecule has 1 aromatic rings. The summed E-state index contributed by atoms with van der Waals surface area (Å²) in [6, 6.07) is 0. The third-order valence-corrected chi connectivity index (χ3v) is 4.95. The highest BCUT2D eigenvalue weighted by Crippen LogP contribution is 2.22. The summed E-state index contributed by atoms with van der Waals surface area (Å²) >= 11 is 0. The first-order chi connectivity index (χ1) is 8.52. The Morgan fingerprint density at radius 2 is 2.28 bits per heavy atom. The summed E-state index contributed by atoms with van der Waals surface area (Å²) in [6.07, 6.45) is 2.15. The fourth-order valence-electron chi connectivity index (χ4n) is 2.09. The number of anilines is 1. The van der Waals surface area contributed by atoms with E-state index in [0.717, 1.165) is 12.0 Å². The number of rotatable bonds is 4. The summed E-state index contributed by atoms with van der Waals surface area (Å²) in [7, 11) is -1.26. The number of nitrogens with zero attached hydrogens (tertiary/aromatic N) is 2. The molecular weight excluding hydrogens is 254 g/mol. The predicted molar refractivity (Wildman–Crippen MR) is 68.6 cm³/mol. The highest BCUT2D eigenvalue weighted by atomic mass is 32.2. The number of ether oxygens (including phenoxy) is 1. The molecule has 1 aliphatic rings. The van der Waals surface area contributed by atoms with Gasteiger partial charge in [0.25, 0.3) is 0 Å². The lowest BCUT2D eigenvalue weighted by atomic mass is 10.1. The summed E-state index contributed by atoms with van der Waals surface area (Å²) in [4.78, 5) is 8.12. The van der Waals surface area contributed by atoms with Gasteiger partial charge in [0.05, 0.1) is 24.2 Å². The van der Waals surface area contributed by atoms with E-state index in [0.29, 0.717) is 24.0 Å². The van der Waals surface area contributed by atoms with E-state index in [-0.39, 0.29) is 11.7 Å². The molecule has 100 valence electrons. The van der Waals surface area contributed by atoms with Crippen molar-refractivity contribution in [3.8, 4) is 5.88 Å². The minimum Gasteiger partial charge on any atom is -0.481 e. The van der Waals surface area contributed by atoms with Crippen molar-refractivity contribution in [3.63, 3.8) is 0 Å². The van der Waals surface area contributed by atoms with Crippen LogP contribution in [0.25, 0.3) is 0 Å². The lowest BCUT2D eigenvalue weighted by Gasteiger charge is -2.13. The molecule has 7 heteroatoms. The van der Waals surface area contributed by atoms with Crippen molar-refractivity contribution in [1.29, 1.82) is 0 Å². The minimum absolute atomic E-state index is 0.162. The summed E-state index contributed by atoms with van der Waals surface area (Å²) in [5, 5.41) is 3.17. The van der Waals surface area contributed by atoms with Crippen molar-refractivity contribution in [3.05, 3.63) is 11.9 Å². The second-order valence-electron chi connectivity index (χ2n) is 4.51. The minimum atomic E-state index is -2.82. The Morgan fingerprint density at radius 3 is 2.89 bits per heavy atom. The van der Waals surface area contributed by atoms with Gasteiger partial charge >= 0.3 is 0 Å². The van der Waals surface area contributed by atoms with E-state index in [1.54, 1.807) is 7.11 Å². The van der Waals surface area contributed by atoms with Crippen molar-refractivity contribution in [2.24, 2.45) is 5.92 Å². The zero-order chi connectivity index (χ0) is 13.2. The Balaban J connectivity index is 1.99. The van der Waals surface area contributed by atoms with Gasteiger partial charge in [-0.2, -0.15) is 0 Å². The van der Waals surface area contributed by atoms with Crippen LogP contribution in [0.1, 0.15) is 12.0 Å². The first-order valence-electron chi connectivity index (χ1n) is 5.81. The molecule has 1 saturated heterocycles. The van der Waals surface area contributed by atoms with Crippen molar-refractivity contribution in [2.45, 2.75) is 13.3 Å². The van der Waals surface area contributed by atoms with E-state index < -0.39 is 9.84 Å². The van der Waals surface area contributed by atoms with Crippen LogP contribution >= 0.6 is 0 Å². The van der Waals surface area contributed by atoms with E-state index in [4.69, 9.17) is 4.74 Å². The Morgan fingerprint density at radius 1 is 1.50 bits per heavy atom. The van der Waals surface area contributed by atoms with E-state index in [2.05, 4.69) is 15.3 Å². The largest absolute Gasteiger partial charge is 0.481 e. The lowest BCUT2D eigenvalue weighted by Crippen LogP contribution is -2.17. The molecule has 2 rings (SSSR count). The van der Waals surface area contributed by atoms with E-state index in [1.165, 1.54) is 6.33 Å². The highest BCUT2D eigenvalue weighted by molar-refractivity contribution is 7.91. The van der Waals surface area contributed by atoms with E-state index in [1.807, 2.05) is 6.92 Å². The first kappa shape index (κ1) is 13.1. The van der Waals surface area contributed by atoms with Gasteiger partial charge in [-0.25, -0.2) is 18.4 Å². The quantitative estimate of drug-likeness (QED) is 0.865. The smallest absolute Gasteiger partial charge is 0.221 e. The third kappa shape index (κ3) is 2.90. The molecule has 2 heterocycles. The normalized spacial score (nSPS) is 21.8. The zero-order valence-corrected chi connectivity index (χ0v) is 11.3. The van der Waals surface area contributed by atoms with Gasteiger partial charge in [-0.05, 0) is 19.3 Å². The predicted octanol–water partition coefficient (Wildman–Crippen LogP) is 0.640. The highest BCUT2D eigenvalue weighted by Gasteiger charge is 2.27. The monoisotopic (exact) mass is 271 g/mol. The van der Waals surface area contributed by atoms with Crippen LogP contribution in [-0.4, -0.2) is 43.5 Å². The third-order valence-electron chi connectivity index (χ3n) is 3.12. The van der Waals surface area contributed by atoms with Crippen molar-refractivity contribution >= 4 is 15.7 Å². The molecule has 0 aromatic carbocycles. The second kappa shape index (κ2) is 5.09. The number of hydrogen-bond acceptors (Lipinski definition) is 6. The number of nitrogens with one attached hydrogen (secondary N) is 1. The van der Waals surface area contributed by atoms with Gasteiger partial charge in [0.15, 0.2) is 9.84 Å². The number of methoxy groups -OCH3 is 1. The number of sulfone groups is 1. The molecule has 0 bridgehead atoms. The molecule has 6 nitrogen and oxygen atoms in total. The maximum Gasteiger partial charge on any atom is 0.221 e. The summed E-state index contributed by atoms with van der Waals surface area (Å²) in [6.45, 7) is 2.48. The Hall–Kier alpha value is -1.37. The fraction of sp³-hybridized carbons (Fsp3) is 0.636. The van der Waals surface area contributed by atoms with Gasteiger partial charge in [0.1, 0.15) is 12.1 Å². The second-order valence-corrected chi connectivity index (χ2v) is 6.74. The van der Waals surface area contributed by atoms with Crippen molar-refractivity contribution in [1.82, 2.24) is 9.97 Å². The Bertz CT molecular complexity index is 530. The summed E-state index contributed by atoms with van der Waals surface area (Å²) < 4.78 is 27.8. The lowest BCUT2D eigenvalue weighted by molar-refractivity contribution is 0.393. The fourth-order valence-corrected chi connectivity index (χ4v) is 3.95. The van der Waals surface area contributed by atoms with Gasteiger partial charge in [-0.15, -0.1) is 0 Å². The van der Waals surface area contributed by atoms with E-state index >= 15 is 0 Å². The molecule has 0 saturated carbocycles. The van der Waals surface area contributed by atoms with Gasteiger partial charge < -0.3 is 10.1 Å². The van der Waals surface area contributed by atoms with E-state index in [9.17, 15) is 8.42 Å². The van der Waals surface area contributed by atoms with Crippen LogP contribution in [0.3, 0.4) is 0 Å². The van der Waals surface area contributed by atoms with Gasteiger partial charge in [-0.3, -0.25) is 0 Å². The summed E-state index contributed by atoms with van der Waals surface area (Å²) in [5.74, 6) is 1.96. The molecule has 0 spiro atoms. The maximum absolute atomic E-state index is 11.3. The standard InChI is InChI=1S/C11H17N3O3S/c1-8-10(13-7-14-11(8)17-2)12-5-9-3-4-18(15,16)6-9/h7,9H,3-6H2,1-2H3,(H,12,13,14). The van der Waals surface area contributed by atoms with Crippen molar-refractivity contribution in [2.75, 3.05) is 30.5 Å². The molecule has 1 aromatic heterocycles. The van der Waals surface area contributed by atoms with Gasteiger partial charge in [0, 0.05) is 6.54 Å². The average Bonchev–Trinajstić information content (AvgIpc) is 2.68. The molecule has 1 atom stereocenters. The maximum atomic E-state index is 11.3. The van der Waals surface area contributed by atoms with Gasteiger partial charge in [0.2, 0.25) is 5.88 Å². The van der Waals surface area contributed by atoms with Crippen LogP contribution in [-0.2, 0) is 9.84 Å². The molecule has 1 unspecified atom stereocenters. The Kier molecular flexibility index (Phi) is 3.70. The molecule has 0 radical (unpaired) electrons. The van der Waals surface area contributed by atoms with Crippen LogP contribution in [0.4, 0.5) is 5.82 Å². The van der Waals surface area contributed by atoms with Crippen molar-refractivity contribution < 1.29 is 13.2 Å². The zero-order valence-electron chi connectivity index (χ0n) is 10.5. The molecule has 1 N–H and O–H groups in total. The van der Waals surface area contributed by atoms with Crippen LogP contribution in [0.2, 0.25) is 0 Å². The average molecular weight is 271 g/mol. The molecule has 0 amide bonds. The molecule has 18 heavy (non-hydrogen) atoms. The van der Waals surface area contributed by atoms with Gasteiger partial charge in [-0.1, -0.05) is 0 Å². The molecule has 1 aliphatic heterocycles. The Labute approximate surface area is 107 Å².